The highest BCUT2D eigenvalue weighted by molar-refractivity contribution is 6.30. The third kappa shape index (κ3) is 3.95. The fourth-order valence-corrected chi connectivity index (χ4v) is 2.32. The number of halogens is 1. The molecule has 1 aromatic rings. The Kier molecular flexibility index (Phi) is 5.39. The van der Waals surface area contributed by atoms with E-state index in [0.717, 1.165) is 12.1 Å². The Morgan fingerprint density at radius 1 is 1.47 bits per heavy atom. The first-order chi connectivity index (χ1) is 8.79. The summed E-state index contributed by atoms with van der Waals surface area (Å²) in [6.45, 7) is 8.57. The van der Waals surface area contributed by atoms with Crippen LogP contribution in [0.2, 0.25) is 5.02 Å². The van der Waals surface area contributed by atoms with Crippen molar-refractivity contribution in [3.05, 3.63) is 34.9 Å². The summed E-state index contributed by atoms with van der Waals surface area (Å²) in [5.74, 6) is 0.0711. The first-order valence-corrected chi connectivity index (χ1v) is 6.95. The van der Waals surface area contributed by atoms with E-state index >= 15 is 0 Å². The molecule has 4 heteroatoms. The van der Waals surface area contributed by atoms with Crippen LogP contribution in [0.25, 0.3) is 0 Å². The lowest BCUT2D eigenvalue weighted by atomic mass is 10.0. The molecule has 1 aromatic carbocycles. The number of nitrogens with zero attached hydrogens (tertiary/aromatic N) is 1. The second-order valence-corrected chi connectivity index (χ2v) is 5.74. The zero-order valence-electron chi connectivity index (χ0n) is 12.3. The number of rotatable bonds is 5. The van der Waals surface area contributed by atoms with Gasteiger partial charge in [0, 0.05) is 12.1 Å². The van der Waals surface area contributed by atoms with Gasteiger partial charge in [0.1, 0.15) is 0 Å². The third-order valence-electron chi connectivity index (χ3n) is 3.39. The van der Waals surface area contributed by atoms with E-state index in [1.54, 1.807) is 4.90 Å². The molecule has 0 saturated carbocycles. The van der Waals surface area contributed by atoms with Crippen LogP contribution < -0.4 is 5.32 Å². The Morgan fingerprint density at radius 3 is 2.63 bits per heavy atom. The Bertz CT molecular complexity index is 446. The second-order valence-electron chi connectivity index (χ2n) is 5.30. The van der Waals surface area contributed by atoms with E-state index in [-0.39, 0.29) is 11.9 Å². The monoisotopic (exact) mass is 282 g/mol. The number of hydrogen-bond donors (Lipinski definition) is 1. The molecule has 106 valence electrons. The maximum Gasteiger partial charge on any atom is 0.242 e. The molecule has 1 rings (SSSR count). The van der Waals surface area contributed by atoms with E-state index in [4.69, 9.17) is 11.6 Å². The molecule has 0 fully saturated rings. The van der Waals surface area contributed by atoms with Crippen molar-refractivity contribution >= 4 is 17.5 Å². The lowest BCUT2D eigenvalue weighted by molar-refractivity contribution is -0.137. The van der Waals surface area contributed by atoms with Gasteiger partial charge in [-0.05, 0) is 45.0 Å². The fraction of sp³-hybridized carbons (Fsp3) is 0.533. The lowest BCUT2D eigenvalue weighted by Gasteiger charge is -2.34. The number of carbonyl (C=O) groups is 1. The highest BCUT2D eigenvalue weighted by Gasteiger charge is 2.31. The van der Waals surface area contributed by atoms with Crippen LogP contribution in [0.15, 0.2) is 24.3 Å². The summed E-state index contributed by atoms with van der Waals surface area (Å²) < 4.78 is 0. The molecule has 0 radical (unpaired) electrons. The summed E-state index contributed by atoms with van der Waals surface area (Å²) in [5, 5.41) is 3.89. The number of carbonyl (C=O) groups excluding carboxylic acids is 1. The zero-order valence-corrected chi connectivity index (χ0v) is 13.1. The molecule has 1 atom stereocenters. The van der Waals surface area contributed by atoms with Gasteiger partial charge in [0.05, 0.1) is 11.6 Å². The standard InChI is InChI=1S/C15H23ClN2O/c1-6-17-15(3,4)14(19)18(5)11(2)12-8-7-9-13(16)10-12/h7-11,17H,6H2,1-5H3. The highest BCUT2D eigenvalue weighted by Crippen LogP contribution is 2.23. The number of hydrogen-bond acceptors (Lipinski definition) is 2. The first-order valence-electron chi connectivity index (χ1n) is 6.57. The van der Waals surface area contributed by atoms with E-state index in [1.165, 1.54) is 0 Å². The van der Waals surface area contributed by atoms with E-state index in [0.29, 0.717) is 5.02 Å². The van der Waals surface area contributed by atoms with Crippen molar-refractivity contribution in [1.82, 2.24) is 10.2 Å². The summed E-state index contributed by atoms with van der Waals surface area (Å²) >= 11 is 6.00. The van der Waals surface area contributed by atoms with Crippen LogP contribution in [0.5, 0.6) is 0 Å². The van der Waals surface area contributed by atoms with Crippen LogP contribution in [0, 0.1) is 0 Å². The summed E-state index contributed by atoms with van der Waals surface area (Å²) in [5.41, 5.74) is 0.478. The minimum atomic E-state index is -0.559. The lowest BCUT2D eigenvalue weighted by Crippen LogP contribution is -2.53. The number of benzene rings is 1. The third-order valence-corrected chi connectivity index (χ3v) is 3.62. The van der Waals surface area contributed by atoms with Crippen molar-refractivity contribution in [2.75, 3.05) is 13.6 Å². The van der Waals surface area contributed by atoms with Gasteiger partial charge in [0.15, 0.2) is 0 Å². The van der Waals surface area contributed by atoms with Gasteiger partial charge >= 0.3 is 0 Å². The Labute approximate surface area is 120 Å². The fourth-order valence-electron chi connectivity index (χ4n) is 2.12. The quantitative estimate of drug-likeness (QED) is 0.899. The van der Waals surface area contributed by atoms with Crippen molar-refractivity contribution in [2.24, 2.45) is 0 Å². The van der Waals surface area contributed by atoms with Crippen LogP contribution in [0.4, 0.5) is 0 Å². The van der Waals surface area contributed by atoms with E-state index in [1.807, 2.05) is 59.0 Å². The predicted octanol–water partition coefficient (Wildman–Crippen LogP) is 3.25. The molecule has 0 aliphatic rings. The number of likely N-dealkylation sites (N-methyl/N-ethyl adjacent to an activating group) is 2. The van der Waals surface area contributed by atoms with Gasteiger partial charge in [-0.15, -0.1) is 0 Å². The SMILES string of the molecule is CCNC(C)(C)C(=O)N(C)C(C)c1cccc(Cl)c1. The molecule has 0 spiro atoms. The maximum absolute atomic E-state index is 12.5. The molecule has 19 heavy (non-hydrogen) atoms. The van der Waals surface area contributed by atoms with Crippen molar-refractivity contribution in [2.45, 2.75) is 39.3 Å². The molecule has 0 aliphatic heterocycles. The van der Waals surface area contributed by atoms with Crippen molar-refractivity contribution < 1.29 is 4.79 Å². The van der Waals surface area contributed by atoms with Crippen LogP contribution in [0.3, 0.4) is 0 Å². The minimum absolute atomic E-state index is 0.0101. The predicted molar refractivity (Wildman–Crippen MR) is 80.4 cm³/mol. The molecule has 0 aromatic heterocycles. The Balaban J connectivity index is 2.88. The number of amides is 1. The normalized spacial score (nSPS) is 13.2. The number of nitrogens with one attached hydrogen (secondary N) is 1. The summed E-state index contributed by atoms with van der Waals surface area (Å²) in [7, 11) is 1.83. The van der Waals surface area contributed by atoms with E-state index < -0.39 is 5.54 Å². The molecular formula is C15H23ClN2O. The van der Waals surface area contributed by atoms with Gasteiger partial charge in [-0.3, -0.25) is 4.79 Å². The molecule has 3 nitrogen and oxygen atoms in total. The zero-order chi connectivity index (χ0) is 14.6. The topological polar surface area (TPSA) is 32.3 Å². The van der Waals surface area contributed by atoms with E-state index in [9.17, 15) is 4.79 Å². The summed E-state index contributed by atoms with van der Waals surface area (Å²) in [6.07, 6.45) is 0. The van der Waals surface area contributed by atoms with Gasteiger partial charge in [-0.1, -0.05) is 30.7 Å². The first kappa shape index (κ1) is 16.0. The summed E-state index contributed by atoms with van der Waals surface area (Å²) in [4.78, 5) is 14.2. The second kappa shape index (κ2) is 6.40. The van der Waals surface area contributed by atoms with Gasteiger partial charge in [-0.2, -0.15) is 0 Å². The van der Waals surface area contributed by atoms with Crippen LogP contribution in [0.1, 0.15) is 39.3 Å². The molecule has 1 N–H and O–H groups in total. The minimum Gasteiger partial charge on any atom is -0.337 e. The molecule has 0 bridgehead atoms. The summed E-state index contributed by atoms with van der Waals surface area (Å²) in [6, 6.07) is 7.62. The average molecular weight is 283 g/mol. The largest absolute Gasteiger partial charge is 0.337 e. The molecule has 0 heterocycles. The Morgan fingerprint density at radius 2 is 2.11 bits per heavy atom. The molecule has 0 saturated heterocycles. The maximum atomic E-state index is 12.5. The van der Waals surface area contributed by atoms with Crippen molar-refractivity contribution in [1.29, 1.82) is 0 Å². The van der Waals surface area contributed by atoms with E-state index in [2.05, 4.69) is 5.32 Å². The average Bonchev–Trinajstić information content (AvgIpc) is 2.36. The van der Waals surface area contributed by atoms with Gasteiger partial charge in [0.25, 0.3) is 0 Å². The van der Waals surface area contributed by atoms with Crippen LogP contribution in [-0.4, -0.2) is 29.9 Å². The Hall–Kier alpha value is -1.06. The van der Waals surface area contributed by atoms with Crippen molar-refractivity contribution in [3.63, 3.8) is 0 Å². The van der Waals surface area contributed by atoms with Gasteiger partial charge < -0.3 is 10.2 Å². The van der Waals surface area contributed by atoms with Crippen molar-refractivity contribution in [3.8, 4) is 0 Å². The molecular weight excluding hydrogens is 260 g/mol. The molecule has 1 unspecified atom stereocenters. The van der Waals surface area contributed by atoms with Gasteiger partial charge in [0.2, 0.25) is 5.91 Å². The van der Waals surface area contributed by atoms with Crippen LogP contribution >= 0.6 is 11.6 Å². The molecule has 0 aliphatic carbocycles. The highest BCUT2D eigenvalue weighted by atomic mass is 35.5. The molecule has 1 amide bonds. The smallest absolute Gasteiger partial charge is 0.242 e. The van der Waals surface area contributed by atoms with Gasteiger partial charge in [-0.25, -0.2) is 0 Å². The van der Waals surface area contributed by atoms with Crippen LogP contribution in [-0.2, 0) is 4.79 Å².